The Bertz CT molecular complexity index is 358. The van der Waals surface area contributed by atoms with Gasteiger partial charge < -0.3 is 14.6 Å². The van der Waals surface area contributed by atoms with Gasteiger partial charge in [-0.05, 0) is 32.1 Å². The van der Waals surface area contributed by atoms with E-state index in [9.17, 15) is 0 Å². The smallest absolute Gasteiger partial charge is 0.203 e. The highest BCUT2D eigenvalue weighted by atomic mass is 16.5. The van der Waals surface area contributed by atoms with Crippen molar-refractivity contribution in [2.45, 2.75) is 45.6 Å². The van der Waals surface area contributed by atoms with E-state index in [1.54, 1.807) is 7.11 Å². The SMILES string of the molecule is COCCCNc1nc(C)cn1CCCC1CC1. The molecule has 0 spiro atoms. The third kappa shape index (κ3) is 4.33. The first-order valence-corrected chi connectivity index (χ1v) is 7.06. The number of anilines is 1. The van der Waals surface area contributed by atoms with E-state index in [1.165, 1.54) is 25.7 Å². The molecule has 0 aliphatic heterocycles. The lowest BCUT2D eigenvalue weighted by Gasteiger charge is -2.09. The van der Waals surface area contributed by atoms with E-state index in [1.807, 2.05) is 0 Å². The predicted octanol–water partition coefficient (Wildman–Crippen LogP) is 2.83. The van der Waals surface area contributed by atoms with Crippen LogP contribution in [0.1, 0.15) is 37.8 Å². The molecule has 1 aliphatic carbocycles. The Hall–Kier alpha value is -1.03. The number of nitrogens with one attached hydrogen (secondary N) is 1. The Morgan fingerprint density at radius 3 is 3.00 bits per heavy atom. The van der Waals surface area contributed by atoms with Crippen LogP contribution in [0.15, 0.2) is 6.20 Å². The second kappa shape index (κ2) is 6.78. The minimum absolute atomic E-state index is 0.800. The fourth-order valence-corrected chi connectivity index (χ4v) is 2.23. The number of rotatable bonds is 9. The molecule has 4 heteroatoms. The summed E-state index contributed by atoms with van der Waals surface area (Å²) >= 11 is 0. The molecule has 18 heavy (non-hydrogen) atoms. The van der Waals surface area contributed by atoms with Gasteiger partial charge in [-0.3, -0.25) is 0 Å². The van der Waals surface area contributed by atoms with Gasteiger partial charge in [0, 0.05) is 33.0 Å². The van der Waals surface area contributed by atoms with Crippen LogP contribution in [0, 0.1) is 12.8 Å². The molecule has 0 aromatic carbocycles. The summed E-state index contributed by atoms with van der Waals surface area (Å²) in [6, 6.07) is 0. The molecule has 0 atom stereocenters. The largest absolute Gasteiger partial charge is 0.385 e. The van der Waals surface area contributed by atoms with E-state index in [4.69, 9.17) is 4.74 Å². The van der Waals surface area contributed by atoms with Gasteiger partial charge in [0.2, 0.25) is 5.95 Å². The minimum atomic E-state index is 0.800. The number of imidazole rings is 1. The summed E-state index contributed by atoms with van der Waals surface area (Å²) in [5.41, 5.74) is 1.09. The molecule has 1 aromatic heterocycles. The van der Waals surface area contributed by atoms with Crippen molar-refractivity contribution in [3.05, 3.63) is 11.9 Å². The Kier molecular flexibility index (Phi) is 5.05. The predicted molar refractivity (Wildman–Crippen MR) is 73.9 cm³/mol. The van der Waals surface area contributed by atoms with Crippen LogP contribution in [0.25, 0.3) is 0 Å². The molecule has 0 saturated heterocycles. The maximum Gasteiger partial charge on any atom is 0.203 e. The molecule has 1 aromatic rings. The van der Waals surface area contributed by atoms with Gasteiger partial charge in [-0.1, -0.05) is 12.8 Å². The van der Waals surface area contributed by atoms with Crippen LogP contribution in [-0.2, 0) is 11.3 Å². The van der Waals surface area contributed by atoms with Crippen LogP contribution in [0.3, 0.4) is 0 Å². The van der Waals surface area contributed by atoms with Crippen molar-refractivity contribution in [3.8, 4) is 0 Å². The number of nitrogens with zero attached hydrogens (tertiary/aromatic N) is 2. The molecule has 1 saturated carbocycles. The summed E-state index contributed by atoms with van der Waals surface area (Å²) in [6.45, 7) is 4.86. The van der Waals surface area contributed by atoms with Gasteiger partial charge in [0.1, 0.15) is 0 Å². The fourth-order valence-electron chi connectivity index (χ4n) is 2.23. The summed E-state index contributed by atoms with van der Waals surface area (Å²) < 4.78 is 7.30. The molecule has 1 N–H and O–H groups in total. The average Bonchev–Trinajstić information content (AvgIpc) is 3.10. The number of hydrogen-bond acceptors (Lipinski definition) is 3. The van der Waals surface area contributed by atoms with Crippen molar-refractivity contribution in [3.63, 3.8) is 0 Å². The lowest BCUT2D eigenvalue weighted by molar-refractivity contribution is 0.197. The monoisotopic (exact) mass is 251 g/mol. The van der Waals surface area contributed by atoms with Gasteiger partial charge in [-0.25, -0.2) is 4.98 Å². The topological polar surface area (TPSA) is 39.1 Å². The Morgan fingerprint density at radius 2 is 2.28 bits per heavy atom. The first-order chi connectivity index (χ1) is 8.79. The van der Waals surface area contributed by atoms with Gasteiger partial charge >= 0.3 is 0 Å². The maximum absolute atomic E-state index is 5.05. The molecule has 0 bridgehead atoms. The fraction of sp³-hybridized carbons (Fsp3) is 0.786. The van der Waals surface area contributed by atoms with Crippen LogP contribution >= 0.6 is 0 Å². The zero-order valence-corrected chi connectivity index (χ0v) is 11.6. The second-order valence-corrected chi connectivity index (χ2v) is 5.26. The van der Waals surface area contributed by atoms with Crippen LogP contribution in [0.4, 0.5) is 5.95 Å². The van der Waals surface area contributed by atoms with Gasteiger partial charge in [0.05, 0.1) is 5.69 Å². The molecule has 0 radical (unpaired) electrons. The van der Waals surface area contributed by atoms with Crippen LogP contribution < -0.4 is 5.32 Å². The standard InChI is InChI=1S/C14H25N3O/c1-12-11-17(9-3-5-13-6-7-13)14(16-12)15-8-4-10-18-2/h11,13H,3-10H2,1-2H3,(H,15,16). The number of hydrogen-bond donors (Lipinski definition) is 1. The van der Waals surface area contributed by atoms with Crippen molar-refractivity contribution in [2.24, 2.45) is 5.92 Å². The second-order valence-electron chi connectivity index (χ2n) is 5.26. The van der Waals surface area contributed by atoms with Gasteiger partial charge in [0.25, 0.3) is 0 Å². The van der Waals surface area contributed by atoms with Crippen LogP contribution in [0.2, 0.25) is 0 Å². The van der Waals surface area contributed by atoms with E-state index in [0.29, 0.717) is 0 Å². The zero-order chi connectivity index (χ0) is 12.8. The molecule has 2 rings (SSSR count). The molecular formula is C14H25N3O. The number of aryl methyl sites for hydroxylation is 2. The maximum atomic E-state index is 5.05. The van der Waals surface area contributed by atoms with E-state index < -0.39 is 0 Å². The summed E-state index contributed by atoms with van der Waals surface area (Å²) in [4.78, 5) is 4.53. The zero-order valence-electron chi connectivity index (χ0n) is 11.6. The molecule has 1 aliphatic rings. The molecule has 102 valence electrons. The summed E-state index contributed by atoms with van der Waals surface area (Å²) in [5, 5.41) is 3.39. The van der Waals surface area contributed by atoms with Gasteiger partial charge in [-0.15, -0.1) is 0 Å². The normalized spacial score (nSPS) is 15.0. The first kappa shape index (κ1) is 13.4. The molecule has 1 heterocycles. The third-order valence-electron chi connectivity index (χ3n) is 3.41. The van der Waals surface area contributed by atoms with Gasteiger partial charge in [0.15, 0.2) is 0 Å². The lowest BCUT2D eigenvalue weighted by atomic mass is 10.2. The van der Waals surface area contributed by atoms with Crippen molar-refractivity contribution in [2.75, 3.05) is 25.6 Å². The van der Waals surface area contributed by atoms with Gasteiger partial charge in [-0.2, -0.15) is 0 Å². The highest BCUT2D eigenvalue weighted by molar-refractivity contribution is 5.28. The molecule has 1 fully saturated rings. The van der Waals surface area contributed by atoms with Crippen LogP contribution in [0.5, 0.6) is 0 Å². The minimum Gasteiger partial charge on any atom is -0.385 e. The highest BCUT2D eigenvalue weighted by Gasteiger charge is 2.20. The molecule has 4 nitrogen and oxygen atoms in total. The molecule has 0 amide bonds. The summed E-state index contributed by atoms with van der Waals surface area (Å²) in [5.74, 6) is 2.03. The van der Waals surface area contributed by atoms with Crippen molar-refractivity contribution < 1.29 is 4.74 Å². The highest BCUT2D eigenvalue weighted by Crippen LogP contribution is 2.33. The van der Waals surface area contributed by atoms with E-state index in [0.717, 1.165) is 43.7 Å². The van der Waals surface area contributed by atoms with Crippen molar-refractivity contribution in [1.82, 2.24) is 9.55 Å². The molecule has 0 unspecified atom stereocenters. The quantitative estimate of drug-likeness (QED) is 0.686. The molecular weight excluding hydrogens is 226 g/mol. The van der Waals surface area contributed by atoms with E-state index in [2.05, 4.69) is 28.0 Å². The summed E-state index contributed by atoms with van der Waals surface area (Å²) in [6.07, 6.45) is 8.71. The van der Waals surface area contributed by atoms with Crippen molar-refractivity contribution in [1.29, 1.82) is 0 Å². The van der Waals surface area contributed by atoms with Crippen molar-refractivity contribution >= 4 is 5.95 Å². The third-order valence-corrected chi connectivity index (χ3v) is 3.41. The van der Waals surface area contributed by atoms with Crippen LogP contribution in [-0.4, -0.2) is 29.8 Å². The van der Waals surface area contributed by atoms with E-state index in [-0.39, 0.29) is 0 Å². The lowest BCUT2D eigenvalue weighted by Crippen LogP contribution is -2.10. The number of methoxy groups -OCH3 is 1. The Balaban J connectivity index is 1.75. The average molecular weight is 251 g/mol. The first-order valence-electron chi connectivity index (χ1n) is 7.06. The summed E-state index contributed by atoms with van der Waals surface area (Å²) in [7, 11) is 1.74. The number of ether oxygens (including phenoxy) is 1. The Labute approximate surface area is 110 Å². The van der Waals surface area contributed by atoms with E-state index >= 15 is 0 Å². The Morgan fingerprint density at radius 1 is 1.44 bits per heavy atom. The number of aromatic nitrogens is 2.